The van der Waals surface area contributed by atoms with Crippen LogP contribution in [0.4, 0.5) is 0 Å². The molecule has 23 heavy (non-hydrogen) atoms. The fraction of sp³-hybridized carbons (Fsp3) is 0.938. The molecular formula is C16H33NO3S2Si. The van der Waals surface area contributed by atoms with Gasteiger partial charge in [0.2, 0.25) is 0 Å². The summed E-state index contributed by atoms with van der Waals surface area (Å²) in [5.74, 6) is 0.987. The molecular weight excluding hydrogens is 346 g/mol. The highest BCUT2D eigenvalue weighted by Crippen LogP contribution is 2.21. The van der Waals surface area contributed by atoms with E-state index in [1.165, 1.54) is 32.1 Å². The van der Waals surface area contributed by atoms with Gasteiger partial charge in [-0.2, -0.15) is 0 Å². The monoisotopic (exact) mass is 379 g/mol. The largest absolute Gasteiger partial charge is 0.500 e. The van der Waals surface area contributed by atoms with E-state index in [4.69, 9.17) is 25.5 Å². The van der Waals surface area contributed by atoms with Crippen molar-refractivity contribution in [1.82, 2.24) is 5.32 Å². The average molecular weight is 380 g/mol. The molecule has 0 unspecified atom stereocenters. The highest BCUT2D eigenvalue weighted by Gasteiger charge is 2.39. The molecule has 0 aromatic rings. The summed E-state index contributed by atoms with van der Waals surface area (Å²) in [5.41, 5.74) is 0. The number of thiocarbonyl (C=S) groups is 1. The molecule has 1 rings (SSSR count). The van der Waals surface area contributed by atoms with Gasteiger partial charge in [-0.15, -0.1) is 0 Å². The predicted molar refractivity (Wildman–Crippen MR) is 105 cm³/mol. The van der Waals surface area contributed by atoms with Gasteiger partial charge in [0.15, 0.2) is 0 Å². The van der Waals surface area contributed by atoms with Crippen LogP contribution in [0.15, 0.2) is 0 Å². The first kappa shape index (κ1) is 21.4. The van der Waals surface area contributed by atoms with Crippen molar-refractivity contribution >= 4 is 37.1 Å². The van der Waals surface area contributed by atoms with E-state index in [1.807, 2.05) is 20.8 Å². The predicted octanol–water partition coefficient (Wildman–Crippen LogP) is 4.37. The number of hydrogen-bond acceptors (Lipinski definition) is 5. The van der Waals surface area contributed by atoms with Crippen LogP contribution in [0.5, 0.6) is 0 Å². The minimum atomic E-state index is -2.49. The average Bonchev–Trinajstić information content (AvgIpc) is 2.53. The molecule has 0 aliphatic heterocycles. The molecule has 7 heteroatoms. The smallest absolute Gasteiger partial charge is 0.374 e. The van der Waals surface area contributed by atoms with E-state index in [9.17, 15) is 0 Å². The van der Waals surface area contributed by atoms with Crippen molar-refractivity contribution in [1.29, 1.82) is 0 Å². The Hall–Kier alpha value is 0.337. The lowest BCUT2D eigenvalue weighted by Crippen LogP contribution is -2.46. The number of rotatable bonds is 11. The standard InChI is InChI=1S/C16H33NO3S2Si/c1-4-18-23(19-5-2,20-6-3)14-10-13-22-16(21)17-15-11-8-7-9-12-15/h15H,4-14H2,1-3H3,(H,17,21). The summed E-state index contributed by atoms with van der Waals surface area (Å²) in [6.07, 6.45) is 7.55. The first-order valence-corrected chi connectivity index (χ1v) is 12.3. The first-order valence-electron chi connectivity index (χ1n) is 9.01. The Balaban J connectivity index is 2.27. The van der Waals surface area contributed by atoms with Crippen molar-refractivity contribution in [3.8, 4) is 0 Å². The third kappa shape index (κ3) is 8.83. The van der Waals surface area contributed by atoms with Crippen molar-refractivity contribution in [2.45, 2.75) is 71.4 Å². The Kier molecular flexibility index (Phi) is 11.8. The normalized spacial score (nSPS) is 16.5. The molecule has 4 nitrogen and oxygen atoms in total. The highest BCUT2D eigenvalue weighted by atomic mass is 32.2. The van der Waals surface area contributed by atoms with E-state index >= 15 is 0 Å². The van der Waals surface area contributed by atoms with Crippen molar-refractivity contribution < 1.29 is 13.3 Å². The number of hydrogen-bond donors (Lipinski definition) is 1. The van der Waals surface area contributed by atoms with Crippen LogP contribution in [0.25, 0.3) is 0 Å². The lowest BCUT2D eigenvalue weighted by molar-refractivity contribution is 0.0712. The maximum Gasteiger partial charge on any atom is 0.500 e. The third-order valence-corrected chi connectivity index (χ3v) is 8.38. The lowest BCUT2D eigenvalue weighted by Gasteiger charge is -2.28. The van der Waals surface area contributed by atoms with Gasteiger partial charge in [0.25, 0.3) is 0 Å². The molecule has 1 N–H and O–H groups in total. The summed E-state index contributed by atoms with van der Waals surface area (Å²) in [6, 6.07) is 1.45. The van der Waals surface area contributed by atoms with Gasteiger partial charge in [0, 0.05) is 37.7 Å². The maximum absolute atomic E-state index is 5.88. The highest BCUT2D eigenvalue weighted by molar-refractivity contribution is 8.22. The SMILES string of the molecule is CCO[Si](CCCSC(=S)NC1CCCCC1)(OCC)OCC. The second-order valence-corrected chi connectivity index (χ2v) is 10.2. The van der Waals surface area contributed by atoms with Crippen LogP contribution in [-0.2, 0) is 13.3 Å². The molecule has 136 valence electrons. The van der Waals surface area contributed by atoms with Crippen molar-refractivity contribution in [2.75, 3.05) is 25.6 Å². The van der Waals surface area contributed by atoms with Crippen LogP contribution < -0.4 is 5.32 Å². The minimum Gasteiger partial charge on any atom is -0.374 e. The molecule has 1 aliphatic rings. The van der Waals surface area contributed by atoms with Gasteiger partial charge >= 0.3 is 8.80 Å². The lowest BCUT2D eigenvalue weighted by atomic mass is 9.96. The zero-order chi connectivity index (χ0) is 17.0. The van der Waals surface area contributed by atoms with Crippen LogP contribution in [0.2, 0.25) is 6.04 Å². The van der Waals surface area contributed by atoms with Gasteiger partial charge in [-0.1, -0.05) is 43.2 Å². The van der Waals surface area contributed by atoms with Crippen molar-refractivity contribution in [3.05, 3.63) is 0 Å². The number of thioether (sulfide) groups is 1. The third-order valence-electron chi connectivity index (χ3n) is 3.88. The Morgan fingerprint density at radius 3 is 2.13 bits per heavy atom. The van der Waals surface area contributed by atoms with Gasteiger partial charge in [-0.05, 0) is 40.0 Å². The molecule has 0 amide bonds. The van der Waals surface area contributed by atoms with E-state index in [0.29, 0.717) is 25.9 Å². The van der Waals surface area contributed by atoms with E-state index < -0.39 is 8.80 Å². The molecule has 0 atom stereocenters. The molecule has 1 saturated carbocycles. The van der Waals surface area contributed by atoms with Gasteiger partial charge in [0.1, 0.15) is 4.32 Å². The second-order valence-electron chi connectivity index (χ2n) is 5.70. The minimum absolute atomic E-state index is 0.590. The van der Waals surface area contributed by atoms with Gasteiger partial charge < -0.3 is 18.6 Å². The van der Waals surface area contributed by atoms with Crippen LogP contribution in [0, 0.1) is 0 Å². The van der Waals surface area contributed by atoms with Gasteiger partial charge in [0.05, 0.1) is 0 Å². The number of nitrogens with one attached hydrogen (secondary N) is 1. The van der Waals surface area contributed by atoms with E-state index in [2.05, 4.69) is 5.32 Å². The first-order chi connectivity index (χ1) is 11.2. The fourth-order valence-electron chi connectivity index (χ4n) is 2.91. The van der Waals surface area contributed by atoms with Crippen molar-refractivity contribution in [2.24, 2.45) is 0 Å². The molecule has 1 aliphatic carbocycles. The quantitative estimate of drug-likeness (QED) is 0.327. The van der Waals surface area contributed by atoms with E-state index in [-0.39, 0.29) is 0 Å². The Bertz CT molecular complexity index is 311. The molecule has 0 heterocycles. The Morgan fingerprint density at radius 1 is 1.04 bits per heavy atom. The molecule has 1 fully saturated rings. The van der Waals surface area contributed by atoms with Crippen LogP contribution in [0.1, 0.15) is 59.3 Å². The van der Waals surface area contributed by atoms with Crippen LogP contribution in [0.3, 0.4) is 0 Å². The molecule has 0 bridgehead atoms. The Morgan fingerprint density at radius 2 is 1.61 bits per heavy atom. The van der Waals surface area contributed by atoms with Crippen LogP contribution in [-0.4, -0.2) is 44.7 Å². The summed E-state index contributed by atoms with van der Waals surface area (Å²) >= 11 is 7.21. The molecule has 0 spiro atoms. The van der Waals surface area contributed by atoms with Crippen molar-refractivity contribution in [3.63, 3.8) is 0 Å². The summed E-state index contributed by atoms with van der Waals surface area (Å²) < 4.78 is 18.6. The zero-order valence-corrected chi connectivity index (χ0v) is 17.5. The van der Waals surface area contributed by atoms with E-state index in [0.717, 1.165) is 22.5 Å². The summed E-state index contributed by atoms with van der Waals surface area (Å²) in [6.45, 7) is 7.91. The van der Waals surface area contributed by atoms with Gasteiger partial charge in [-0.25, -0.2) is 0 Å². The molecule has 0 radical (unpaired) electrons. The van der Waals surface area contributed by atoms with Gasteiger partial charge in [-0.3, -0.25) is 0 Å². The van der Waals surface area contributed by atoms with E-state index in [1.54, 1.807) is 11.8 Å². The molecule has 0 aromatic heterocycles. The summed E-state index contributed by atoms with van der Waals surface area (Å²) in [5, 5.41) is 3.50. The zero-order valence-electron chi connectivity index (χ0n) is 14.9. The molecule has 0 saturated heterocycles. The summed E-state index contributed by atoms with van der Waals surface area (Å²) in [7, 11) is -2.49. The molecule has 0 aromatic carbocycles. The summed E-state index contributed by atoms with van der Waals surface area (Å²) in [4.78, 5) is 0. The second kappa shape index (κ2) is 12.7. The topological polar surface area (TPSA) is 39.7 Å². The Labute approximate surface area is 152 Å². The van der Waals surface area contributed by atoms with Crippen LogP contribution >= 0.6 is 24.0 Å². The fourth-order valence-corrected chi connectivity index (χ4v) is 6.92. The maximum atomic E-state index is 5.88.